The summed E-state index contributed by atoms with van der Waals surface area (Å²) in [5, 5.41) is 5.49. The number of ether oxygens (including phenoxy) is 2. The molecule has 1 unspecified atom stereocenters. The van der Waals surface area contributed by atoms with Crippen LogP contribution in [-0.4, -0.2) is 44.7 Å². The first-order valence-electron chi connectivity index (χ1n) is 7.95. The summed E-state index contributed by atoms with van der Waals surface area (Å²) < 4.78 is 10.6. The minimum absolute atomic E-state index is 0.0927. The van der Waals surface area contributed by atoms with E-state index in [0.29, 0.717) is 19.5 Å². The van der Waals surface area contributed by atoms with Gasteiger partial charge in [0.2, 0.25) is 11.8 Å². The SMILES string of the molecule is COc1cccc(CCNC(=O)CC(=O)NCC2CCCO2)c1. The molecule has 0 aliphatic carbocycles. The first-order chi connectivity index (χ1) is 11.2. The smallest absolute Gasteiger partial charge is 0.229 e. The third-order valence-electron chi connectivity index (χ3n) is 3.74. The zero-order valence-electron chi connectivity index (χ0n) is 13.5. The highest BCUT2D eigenvalue weighted by atomic mass is 16.5. The van der Waals surface area contributed by atoms with Crippen molar-refractivity contribution in [2.24, 2.45) is 0 Å². The van der Waals surface area contributed by atoms with Crippen molar-refractivity contribution in [1.82, 2.24) is 10.6 Å². The van der Waals surface area contributed by atoms with Crippen molar-refractivity contribution < 1.29 is 19.1 Å². The summed E-state index contributed by atoms with van der Waals surface area (Å²) in [6.45, 7) is 1.73. The van der Waals surface area contributed by atoms with E-state index in [2.05, 4.69) is 10.6 Å². The normalized spacial score (nSPS) is 16.8. The molecule has 6 heteroatoms. The molecule has 1 saturated heterocycles. The maximum atomic E-state index is 11.7. The number of nitrogens with one attached hydrogen (secondary N) is 2. The maximum Gasteiger partial charge on any atom is 0.229 e. The van der Waals surface area contributed by atoms with Crippen molar-refractivity contribution in [1.29, 1.82) is 0 Å². The number of carbonyl (C=O) groups excluding carboxylic acids is 2. The number of benzene rings is 1. The van der Waals surface area contributed by atoms with Crippen LogP contribution in [0.25, 0.3) is 0 Å². The van der Waals surface area contributed by atoms with Crippen LogP contribution >= 0.6 is 0 Å². The molecule has 1 aromatic rings. The van der Waals surface area contributed by atoms with Gasteiger partial charge in [-0.2, -0.15) is 0 Å². The van der Waals surface area contributed by atoms with Crippen LogP contribution in [0.5, 0.6) is 5.75 Å². The summed E-state index contributed by atoms with van der Waals surface area (Å²) in [7, 11) is 1.62. The molecule has 2 amide bonds. The molecule has 2 rings (SSSR count). The van der Waals surface area contributed by atoms with Gasteiger partial charge in [0.15, 0.2) is 0 Å². The van der Waals surface area contributed by atoms with Crippen molar-refractivity contribution in [2.45, 2.75) is 31.8 Å². The molecular formula is C17H24N2O4. The molecule has 2 N–H and O–H groups in total. The fourth-order valence-electron chi connectivity index (χ4n) is 2.48. The zero-order valence-corrected chi connectivity index (χ0v) is 13.5. The Morgan fingerprint density at radius 3 is 2.87 bits per heavy atom. The quantitative estimate of drug-likeness (QED) is 0.702. The second-order valence-corrected chi connectivity index (χ2v) is 5.57. The topological polar surface area (TPSA) is 76.7 Å². The molecule has 1 heterocycles. The molecule has 6 nitrogen and oxygen atoms in total. The summed E-state index contributed by atoms with van der Waals surface area (Å²) in [4.78, 5) is 23.4. The molecule has 1 atom stereocenters. The average Bonchev–Trinajstić information content (AvgIpc) is 3.06. The standard InChI is InChI=1S/C17H24N2O4/c1-22-14-5-2-4-13(10-14)7-8-18-16(20)11-17(21)19-12-15-6-3-9-23-15/h2,4-5,10,15H,3,6-9,11-12H2,1H3,(H,18,20)(H,19,21). The highest BCUT2D eigenvalue weighted by molar-refractivity contribution is 5.96. The highest BCUT2D eigenvalue weighted by Gasteiger charge is 2.17. The summed E-state index contributed by atoms with van der Waals surface area (Å²) >= 11 is 0. The lowest BCUT2D eigenvalue weighted by Gasteiger charge is -2.11. The van der Waals surface area contributed by atoms with E-state index >= 15 is 0 Å². The molecule has 1 aliphatic rings. The first kappa shape index (κ1) is 17.3. The Morgan fingerprint density at radius 2 is 2.13 bits per heavy atom. The number of hydrogen-bond acceptors (Lipinski definition) is 4. The van der Waals surface area contributed by atoms with Crippen LogP contribution in [0.15, 0.2) is 24.3 Å². The van der Waals surface area contributed by atoms with Crippen LogP contribution in [0.2, 0.25) is 0 Å². The third-order valence-corrected chi connectivity index (χ3v) is 3.74. The van der Waals surface area contributed by atoms with E-state index in [0.717, 1.165) is 30.8 Å². The van der Waals surface area contributed by atoms with Gasteiger partial charge >= 0.3 is 0 Å². The van der Waals surface area contributed by atoms with E-state index in [1.807, 2.05) is 24.3 Å². The van der Waals surface area contributed by atoms with Crippen molar-refractivity contribution in [3.05, 3.63) is 29.8 Å². The molecule has 0 bridgehead atoms. The number of hydrogen-bond donors (Lipinski definition) is 2. The van der Waals surface area contributed by atoms with E-state index in [1.54, 1.807) is 7.11 Å². The van der Waals surface area contributed by atoms with Gasteiger partial charge in [-0.05, 0) is 37.0 Å². The van der Waals surface area contributed by atoms with Crippen molar-refractivity contribution in [3.8, 4) is 5.75 Å². The molecular weight excluding hydrogens is 296 g/mol. The predicted octanol–water partition coefficient (Wildman–Crippen LogP) is 1.04. The lowest BCUT2D eigenvalue weighted by Crippen LogP contribution is -2.36. The zero-order chi connectivity index (χ0) is 16.5. The van der Waals surface area contributed by atoms with Crippen LogP contribution in [0.1, 0.15) is 24.8 Å². The van der Waals surface area contributed by atoms with E-state index in [9.17, 15) is 9.59 Å². The van der Waals surface area contributed by atoms with Crippen molar-refractivity contribution in [3.63, 3.8) is 0 Å². The van der Waals surface area contributed by atoms with Gasteiger partial charge in [-0.3, -0.25) is 9.59 Å². The summed E-state index contributed by atoms with van der Waals surface area (Å²) in [6, 6.07) is 7.69. The van der Waals surface area contributed by atoms with Gasteiger partial charge in [0.25, 0.3) is 0 Å². The van der Waals surface area contributed by atoms with Crippen LogP contribution in [0.4, 0.5) is 0 Å². The second kappa shape index (κ2) is 9.15. The van der Waals surface area contributed by atoms with E-state index in [1.165, 1.54) is 0 Å². The van der Waals surface area contributed by atoms with Gasteiger partial charge in [0, 0.05) is 19.7 Å². The Bertz CT molecular complexity index is 527. The maximum absolute atomic E-state index is 11.7. The van der Waals surface area contributed by atoms with Crippen molar-refractivity contribution in [2.75, 3.05) is 26.8 Å². The molecule has 1 aromatic carbocycles. The van der Waals surface area contributed by atoms with Crippen LogP contribution in [-0.2, 0) is 20.7 Å². The van der Waals surface area contributed by atoms with Gasteiger partial charge in [-0.1, -0.05) is 12.1 Å². The summed E-state index contributed by atoms with van der Waals surface area (Å²) in [6.07, 6.45) is 2.64. The Morgan fingerprint density at radius 1 is 1.30 bits per heavy atom. The average molecular weight is 320 g/mol. The lowest BCUT2D eigenvalue weighted by atomic mass is 10.1. The number of amides is 2. The minimum Gasteiger partial charge on any atom is -0.497 e. The Kier molecular flexibility index (Phi) is 6.87. The lowest BCUT2D eigenvalue weighted by molar-refractivity contribution is -0.129. The van der Waals surface area contributed by atoms with E-state index in [-0.39, 0.29) is 24.3 Å². The van der Waals surface area contributed by atoms with Gasteiger partial charge in [-0.25, -0.2) is 0 Å². The molecule has 0 aromatic heterocycles. The summed E-state index contributed by atoms with van der Waals surface area (Å²) in [5.74, 6) is 0.263. The molecule has 1 aliphatic heterocycles. The fraction of sp³-hybridized carbons (Fsp3) is 0.529. The monoisotopic (exact) mass is 320 g/mol. The van der Waals surface area contributed by atoms with Gasteiger partial charge in [0.1, 0.15) is 12.2 Å². The number of carbonyl (C=O) groups is 2. The molecule has 0 radical (unpaired) electrons. The van der Waals surface area contributed by atoms with Crippen LogP contribution in [0.3, 0.4) is 0 Å². The first-order valence-corrected chi connectivity index (χ1v) is 7.95. The minimum atomic E-state index is -0.266. The van der Waals surface area contributed by atoms with E-state index < -0.39 is 0 Å². The van der Waals surface area contributed by atoms with Gasteiger partial charge in [-0.15, -0.1) is 0 Å². The van der Waals surface area contributed by atoms with Crippen LogP contribution < -0.4 is 15.4 Å². The number of methoxy groups -OCH3 is 1. The highest BCUT2D eigenvalue weighted by Crippen LogP contribution is 2.12. The van der Waals surface area contributed by atoms with E-state index in [4.69, 9.17) is 9.47 Å². The molecule has 0 spiro atoms. The van der Waals surface area contributed by atoms with Crippen LogP contribution in [0, 0.1) is 0 Å². The largest absolute Gasteiger partial charge is 0.497 e. The summed E-state index contributed by atoms with van der Waals surface area (Å²) in [5.41, 5.74) is 1.08. The Balaban J connectivity index is 1.61. The fourth-order valence-corrected chi connectivity index (χ4v) is 2.48. The molecule has 0 saturated carbocycles. The molecule has 23 heavy (non-hydrogen) atoms. The third kappa shape index (κ3) is 6.28. The van der Waals surface area contributed by atoms with Gasteiger partial charge in [0.05, 0.1) is 13.2 Å². The second-order valence-electron chi connectivity index (χ2n) is 5.57. The Hall–Kier alpha value is -2.08. The molecule has 126 valence electrons. The van der Waals surface area contributed by atoms with Gasteiger partial charge < -0.3 is 20.1 Å². The predicted molar refractivity (Wildman–Crippen MR) is 86.3 cm³/mol. The Labute approximate surface area is 136 Å². The number of rotatable bonds is 8. The van der Waals surface area contributed by atoms with Crippen molar-refractivity contribution >= 4 is 11.8 Å². The molecule has 1 fully saturated rings.